The number of aromatic amines is 1. The second-order valence-corrected chi connectivity index (χ2v) is 6.94. The minimum absolute atomic E-state index is 0.258. The zero-order valence-corrected chi connectivity index (χ0v) is 16.5. The molecule has 0 aliphatic carbocycles. The molecule has 0 atom stereocenters. The van der Waals surface area contributed by atoms with E-state index >= 15 is 0 Å². The summed E-state index contributed by atoms with van der Waals surface area (Å²) < 4.78 is 13.5. The van der Waals surface area contributed by atoms with Gasteiger partial charge in [-0.15, -0.1) is 10.2 Å². The topological polar surface area (TPSA) is 92.5 Å². The molecule has 4 rings (SSSR count). The molecule has 6 nitrogen and oxygen atoms in total. The molecule has 29 heavy (non-hydrogen) atoms. The Morgan fingerprint density at radius 1 is 1.14 bits per heavy atom. The fourth-order valence-corrected chi connectivity index (χ4v) is 3.53. The molecule has 0 radical (unpaired) electrons. The molecule has 0 unspecified atom stereocenters. The van der Waals surface area contributed by atoms with Crippen molar-refractivity contribution < 1.29 is 4.39 Å². The Labute approximate surface area is 168 Å². The maximum Gasteiger partial charge on any atom is 0.186 e. The number of H-pyrrole nitrogens is 1. The Morgan fingerprint density at radius 2 is 1.97 bits per heavy atom. The predicted octanol–water partition coefficient (Wildman–Crippen LogP) is 4.10. The molecule has 148 valence electrons. The van der Waals surface area contributed by atoms with Crippen molar-refractivity contribution in [2.24, 2.45) is 5.73 Å². The highest BCUT2D eigenvalue weighted by Crippen LogP contribution is 2.32. The van der Waals surface area contributed by atoms with Crippen LogP contribution in [0.5, 0.6) is 0 Å². The van der Waals surface area contributed by atoms with Crippen LogP contribution in [0.15, 0.2) is 42.5 Å². The minimum atomic E-state index is -0.258. The Balaban J connectivity index is 1.73. The van der Waals surface area contributed by atoms with Gasteiger partial charge >= 0.3 is 0 Å². The average molecular weight is 390 g/mol. The van der Waals surface area contributed by atoms with E-state index in [1.807, 2.05) is 38.1 Å². The first-order chi connectivity index (χ1) is 14.1. The van der Waals surface area contributed by atoms with E-state index in [-0.39, 0.29) is 5.82 Å². The van der Waals surface area contributed by atoms with Gasteiger partial charge in [0.25, 0.3) is 0 Å². The second-order valence-electron chi connectivity index (χ2n) is 6.94. The highest BCUT2D eigenvalue weighted by atomic mass is 19.1. The molecule has 0 bridgehead atoms. The standard InChI is InChI=1S/C22H23FN6/c1-3-18-21(25-12-14-6-4-8-16(23)10-14)27-22(29-28-18)19-13(2)26-20-15(11-24)7-5-9-17(19)20/h4-10,26H,3,11-12,24H2,1-2H3,(H,25,27,29). The molecule has 0 saturated heterocycles. The summed E-state index contributed by atoms with van der Waals surface area (Å²) in [6.07, 6.45) is 0.690. The molecular formula is C22H23FN6. The third-order valence-corrected chi connectivity index (χ3v) is 4.99. The predicted molar refractivity (Wildman–Crippen MR) is 113 cm³/mol. The molecule has 2 aromatic heterocycles. The molecule has 0 saturated carbocycles. The van der Waals surface area contributed by atoms with Gasteiger partial charge in [-0.2, -0.15) is 0 Å². The quantitative estimate of drug-likeness (QED) is 0.461. The first kappa shape index (κ1) is 19.0. The highest BCUT2D eigenvalue weighted by Gasteiger charge is 2.17. The third kappa shape index (κ3) is 3.69. The summed E-state index contributed by atoms with van der Waals surface area (Å²) in [4.78, 5) is 8.17. The minimum Gasteiger partial charge on any atom is -0.364 e. The molecule has 4 N–H and O–H groups in total. The normalized spacial score (nSPS) is 11.2. The Kier molecular flexibility index (Phi) is 5.22. The van der Waals surface area contributed by atoms with Gasteiger partial charge in [0.2, 0.25) is 0 Å². The van der Waals surface area contributed by atoms with Gasteiger partial charge in [0, 0.05) is 29.7 Å². The molecule has 0 spiro atoms. The van der Waals surface area contributed by atoms with Crippen molar-refractivity contribution in [2.45, 2.75) is 33.4 Å². The van der Waals surface area contributed by atoms with Gasteiger partial charge < -0.3 is 16.0 Å². The van der Waals surface area contributed by atoms with Gasteiger partial charge in [0.15, 0.2) is 11.6 Å². The fourth-order valence-electron chi connectivity index (χ4n) is 3.53. The molecule has 0 aliphatic rings. The van der Waals surface area contributed by atoms with Crippen LogP contribution in [-0.4, -0.2) is 20.2 Å². The monoisotopic (exact) mass is 390 g/mol. The first-order valence-electron chi connectivity index (χ1n) is 9.63. The van der Waals surface area contributed by atoms with Crippen LogP contribution in [0.25, 0.3) is 22.3 Å². The number of hydrogen-bond donors (Lipinski definition) is 3. The molecule has 7 heteroatoms. The van der Waals surface area contributed by atoms with Crippen molar-refractivity contribution in [1.82, 2.24) is 20.2 Å². The number of hydrogen-bond acceptors (Lipinski definition) is 5. The lowest BCUT2D eigenvalue weighted by Crippen LogP contribution is -2.09. The van der Waals surface area contributed by atoms with Crippen LogP contribution in [0.1, 0.15) is 29.4 Å². The number of para-hydroxylation sites is 1. The van der Waals surface area contributed by atoms with Crippen LogP contribution in [0.3, 0.4) is 0 Å². The van der Waals surface area contributed by atoms with E-state index in [1.54, 1.807) is 6.07 Å². The van der Waals surface area contributed by atoms with Crippen molar-refractivity contribution in [3.05, 3.63) is 70.8 Å². The smallest absolute Gasteiger partial charge is 0.186 e. The summed E-state index contributed by atoms with van der Waals surface area (Å²) in [7, 11) is 0. The molecule has 0 amide bonds. The van der Waals surface area contributed by atoms with Gasteiger partial charge in [-0.1, -0.05) is 37.3 Å². The van der Waals surface area contributed by atoms with Crippen LogP contribution in [0, 0.1) is 12.7 Å². The summed E-state index contributed by atoms with van der Waals surface area (Å²) in [6, 6.07) is 12.5. The Hall–Kier alpha value is -3.32. The highest BCUT2D eigenvalue weighted by molar-refractivity contribution is 5.97. The van der Waals surface area contributed by atoms with Crippen LogP contribution in [0.2, 0.25) is 0 Å². The largest absolute Gasteiger partial charge is 0.364 e. The summed E-state index contributed by atoms with van der Waals surface area (Å²) in [6.45, 7) is 4.90. The molecule has 0 aliphatic heterocycles. The number of rotatable bonds is 6. The number of nitrogens with zero attached hydrogens (tertiary/aromatic N) is 3. The SMILES string of the molecule is CCc1nnc(-c2c(C)[nH]c3c(CN)cccc23)nc1NCc1cccc(F)c1. The lowest BCUT2D eigenvalue weighted by atomic mass is 10.1. The summed E-state index contributed by atoms with van der Waals surface area (Å²) in [5.74, 6) is 0.944. The number of anilines is 1. The number of benzene rings is 2. The van der Waals surface area contributed by atoms with Crippen molar-refractivity contribution in [2.75, 3.05) is 5.32 Å². The van der Waals surface area contributed by atoms with E-state index in [4.69, 9.17) is 10.7 Å². The number of halogens is 1. The van der Waals surface area contributed by atoms with Crippen LogP contribution >= 0.6 is 0 Å². The summed E-state index contributed by atoms with van der Waals surface area (Å²) in [5.41, 5.74) is 11.4. The van der Waals surface area contributed by atoms with Crippen molar-refractivity contribution in [3.63, 3.8) is 0 Å². The van der Waals surface area contributed by atoms with E-state index < -0.39 is 0 Å². The van der Waals surface area contributed by atoms with Gasteiger partial charge in [0.05, 0.1) is 5.52 Å². The third-order valence-electron chi connectivity index (χ3n) is 4.99. The Bertz CT molecular complexity index is 1170. The summed E-state index contributed by atoms with van der Waals surface area (Å²) in [5, 5.41) is 13.1. The van der Waals surface area contributed by atoms with Gasteiger partial charge in [-0.25, -0.2) is 9.37 Å². The number of aromatic nitrogens is 4. The lowest BCUT2D eigenvalue weighted by molar-refractivity contribution is 0.626. The van der Waals surface area contributed by atoms with E-state index in [1.165, 1.54) is 12.1 Å². The molecule has 4 aromatic rings. The number of nitrogens with two attached hydrogens (primary N) is 1. The summed E-state index contributed by atoms with van der Waals surface area (Å²) >= 11 is 0. The molecule has 2 heterocycles. The second kappa shape index (κ2) is 7.97. The van der Waals surface area contributed by atoms with E-state index in [2.05, 4.69) is 20.5 Å². The number of aryl methyl sites for hydroxylation is 2. The fraction of sp³-hybridized carbons (Fsp3) is 0.227. The zero-order chi connectivity index (χ0) is 20.4. The van der Waals surface area contributed by atoms with Gasteiger partial charge in [0.1, 0.15) is 11.5 Å². The molecular weight excluding hydrogens is 367 g/mol. The number of fused-ring (bicyclic) bond motifs is 1. The maximum absolute atomic E-state index is 13.5. The number of nitrogens with one attached hydrogen (secondary N) is 2. The Morgan fingerprint density at radius 3 is 2.72 bits per heavy atom. The molecule has 0 fully saturated rings. The van der Waals surface area contributed by atoms with Gasteiger partial charge in [-0.3, -0.25) is 0 Å². The first-order valence-corrected chi connectivity index (χ1v) is 9.63. The van der Waals surface area contributed by atoms with E-state index in [0.717, 1.165) is 39.0 Å². The zero-order valence-electron chi connectivity index (χ0n) is 16.5. The van der Waals surface area contributed by atoms with Crippen LogP contribution in [-0.2, 0) is 19.5 Å². The van der Waals surface area contributed by atoms with Crippen molar-refractivity contribution in [3.8, 4) is 11.4 Å². The van der Waals surface area contributed by atoms with E-state index in [0.29, 0.717) is 31.2 Å². The van der Waals surface area contributed by atoms with E-state index in [9.17, 15) is 4.39 Å². The van der Waals surface area contributed by atoms with Crippen molar-refractivity contribution >= 4 is 16.7 Å². The maximum atomic E-state index is 13.5. The van der Waals surface area contributed by atoms with Gasteiger partial charge in [-0.05, 0) is 36.6 Å². The van der Waals surface area contributed by atoms with Crippen LogP contribution in [0.4, 0.5) is 10.2 Å². The van der Waals surface area contributed by atoms with Crippen LogP contribution < -0.4 is 11.1 Å². The van der Waals surface area contributed by atoms with Crippen molar-refractivity contribution in [1.29, 1.82) is 0 Å². The molecule has 2 aromatic carbocycles. The average Bonchev–Trinajstić information content (AvgIpc) is 3.08. The lowest BCUT2D eigenvalue weighted by Gasteiger charge is -2.11.